The first-order valence-electron chi connectivity index (χ1n) is 14.7. The molecule has 0 aromatic heterocycles. The lowest BCUT2D eigenvalue weighted by Gasteiger charge is -2.24. The normalized spacial score (nSPS) is 14.4. The van der Waals surface area contributed by atoms with E-state index in [0.29, 0.717) is 24.2 Å². The Morgan fingerprint density at radius 3 is 2.27 bits per heavy atom. The number of aryl methyl sites for hydroxylation is 1. The molecule has 1 aliphatic rings. The summed E-state index contributed by atoms with van der Waals surface area (Å²) in [6.07, 6.45) is 4.57. The van der Waals surface area contributed by atoms with Gasteiger partial charge in [0.1, 0.15) is 5.75 Å². The van der Waals surface area contributed by atoms with Gasteiger partial charge in [-0.15, -0.1) is 0 Å². The number of carbonyl (C=O) groups excluding carboxylic acids is 1. The number of nitro groups is 1. The Labute approximate surface area is 261 Å². The van der Waals surface area contributed by atoms with Gasteiger partial charge in [0, 0.05) is 18.7 Å². The maximum Gasteiger partial charge on any atom is 0.407 e. The Balaban J connectivity index is 1.40. The van der Waals surface area contributed by atoms with Gasteiger partial charge in [0.25, 0.3) is 11.6 Å². The quantitative estimate of drug-likeness (QED) is 0.165. The van der Waals surface area contributed by atoms with Crippen LogP contribution >= 0.6 is 0 Å². The van der Waals surface area contributed by atoms with E-state index >= 15 is 0 Å². The zero-order valence-corrected chi connectivity index (χ0v) is 25.7. The van der Waals surface area contributed by atoms with Crippen molar-refractivity contribution in [3.8, 4) is 16.9 Å². The third-order valence-electron chi connectivity index (χ3n) is 7.68. The fourth-order valence-electron chi connectivity index (χ4n) is 5.31. The van der Waals surface area contributed by atoms with Gasteiger partial charge in [-0.05, 0) is 85.0 Å². The average Bonchev–Trinajstić information content (AvgIpc) is 3.00. The van der Waals surface area contributed by atoms with Crippen LogP contribution in [0.1, 0.15) is 66.1 Å². The predicted molar refractivity (Wildman–Crippen MR) is 168 cm³/mol. The number of carbonyl (C=O) groups is 2. The van der Waals surface area contributed by atoms with Gasteiger partial charge in [-0.3, -0.25) is 14.9 Å². The monoisotopic (exact) mass is 639 g/mol. The minimum absolute atomic E-state index is 0.0539. The molecule has 3 aromatic rings. The summed E-state index contributed by atoms with van der Waals surface area (Å²) in [5.74, 6) is -0.421. The van der Waals surface area contributed by atoms with E-state index in [1.165, 1.54) is 24.3 Å². The Kier molecular flexibility index (Phi) is 11.1. The molecule has 4 rings (SSSR count). The van der Waals surface area contributed by atoms with Crippen LogP contribution in [0.15, 0.2) is 66.7 Å². The van der Waals surface area contributed by atoms with E-state index in [1.54, 1.807) is 18.2 Å². The fourth-order valence-corrected chi connectivity index (χ4v) is 5.75. The Bertz CT molecular complexity index is 1600. The second-order valence-electron chi connectivity index (χ2n) is 11.2. The van der Waals surface area contributed by atoms with Crippen molar-refractivity contribution in [1.82, 2.24) is 9.62 Å². The van der Waals surface area contributed by atoms with Crippen molar-refractivity contribution in [3.63, 3.8) is 0 Å². The van der Waals surface area contributed by atoms with Crippen molar-refractivity contribution < 1.29 is 37.9 Å². The van der Waals surface area contributed by atoms with Crippen LogP contribution in [0.2, 0.25) is 0 Å². The third-order valence-corrected chi connectivity index (χ3v) is 8.24. The molecule has 0 spiro atoms. The van der Waals surface area contributed by atoms with Gasteiger partial charge in [0.05, 0.1) is 35.5 Å². The lowest BCUT2D eigenvalue weighted by Crippen LogP contribution is -2.34. The topological polar surface area (TPSA) is 176 Å². The number of aliphatic hydroxyl groups excluding tert-OH is 1. The number of aliphatic hydroxyl groups is 1. The van der Waals surface area contributed by atoms with E-state index in [0.717, 1.165) is 60.0 Å². The summed E-state index contributed by atoms with van der Waals surface area (Å²) in [5.41, 5.74) is 3.05. The van der Waals surface area contributed by atoms with E-state index in [-0.39, 0.29) is 30.4 Å². The van der Waals surface area contributed by atoms with Crippen LogP contribution < -0.4 is 9.46 Å². The molecule has 1 fully saturated rings. The standard InChI is InChI=1S/C32H37N3O9S/c1-45(42,43)33-31(37)28-18-15-25(20-30(28)44-27-7-3-2-4-8-27)23-11-9-22(10-12-23)6-5-19-34(32(38)39)21-29(36)24-13-16-26(17-14-24)35(40)41/h9-18,20,27,29,36H,2-8,19,21H2,1H3,(H,33,37)(H,38,39)/t29-/m1/s1. The highest BCUT2D eigenvalue weighted by Crippen LogP contribution is 2.31. The van der Waals surface area contributed by atoms with E-state index in [1.807, 2.05) is 29.0 Å². The lowest BCUT2D eigenvalue weighted by atomic mass is 9.97. The third kappa shape index (κ3) is 9.75. The van der Waals surface area contributed by atoms with Crippen molar-refractivity contribution in [2.24, 2.45) is 0 Å². The number of amides is 2. The van der Waals surface area contributed by atoms with Gasteiger partial charge < -0.3 is 19.8 Å². The number of nitrogens with zero attached hydrogens (tertiary/aromatic N) is 2. The molecule has 0 saturated heterocycles. The molecule has 1 saturated carbocycles. The molecule has 0 aliphatic heterocycles. The number of ether oxygens (including phenoxy) is 1. The smallest absolute Gasteiger partial charge is 0.407 e. The number of nitro benzene ring substituents is 1. The number of hydrogen-bond donors (Lipinski definition) is 3. The molecule has 13 heteroatoms. The summed E-state index contributed by atoms with van der Waals surface area (Å²) in [4.78, 5) is 36.0. The molecule has 0 bridgehead atoms. The molecule has 0 radical (unpaired) electrons. The summed E-state index contributed by atoms with van der Waals surface area (Å²) >= 11 is 0. The molecule has 3 N–H and O–H groups in total. The van der Waals surface area contributed by atoms with Crippen LogP contribution in [-0.2, 0) is 16.4 Å². The second kappa shape index (κ2) is 15.0. The first-order valence-corrected chi connectivity index (χ1v) is 16.6. The SMILES string of the molecule is CS(=O)(=O)NC(=O)c1ccc(-c2ccc(CCCN(C[C@@H](O)c3ccc([N+](=O)[O-])cc3)C(=O)O)cc2)cc1OC1CCCCC1. The molecular formula is C32H37N3O9S. The molecular weight excluding hydrogens is 602 g/mol. The number of sulfonamides is 1. The number of non-ortho nitro benzene ring substituents is 1. The maximum atomic E-state index is 12.7. The van der Waals surface area contributed by atoms with Crippen molar-refractivity contribution in [3.05, 3.63) is 93.5 Å². The summed E-state index contributed by atoms with van der Waals surface area (Å²) < 4.78 is 31.6. The average molecular weight is 640 g/mol. The van der Waals surface area contributed by atoms with Crippen molar-refractivity contribution in [2.45, 2.75) is 57.2 Å². The Morgan fingerprint density at radius 2 is 1.67 bits per heavy atom. The summed E-state index contributed by atoms with van der Waals surface area (Å²) in [6, 6.07) is 18.1. The van der Waals surface area contributed by atoms with Crippen LogP contribution in [0, 0.1) is 10.1 Å². The van der Waals surface area contributed by atoms with Gasteiger partial charge in [0.2, 0.25) is 10.0 Å². The van der Waals surface area contributed by atoms with Crippen LogP contribution in [0.25, 0.3) is 11.1 Å². The number of rotatable bonds is 13. The minimum Gasteiger partial charge on any atom is -0.490 e. The Hall–Kier alpha value is -4.49. The van der Waals surface area contributed by atoms with Crippen LogP contribution in [0.4, 0.5) is 10.5 Å². The first-order chi connectivity index (χ1) is 21.4. The van der Waals surface area contributed by atoms with E-state index in [9.17, 15) is 38.3 Å². The van der Waals surface area contributed by atoms with Gasteiger partial charge in [-0.1, -0.05) is 36.8 Å². The molecule has 0 unspecified atom stereocenters. The molecule has 2 amide bonds. The van der Waals surface area contributed by atoms with Crippen molar-refractivity contribution in [2.75, 3.05) is 19.3 Å². The largest absolute Gasteiger partial charge is 0.490 e. The second-order valence-corrected chi connectivity index (χ2v) is 12.9. The van der Waals surface area contributed by atoms with Crippen molar-refractivity contribution in [1.29, 1.82) is 0 Å². The van der Waals surface area contributed by atoms with Gasteiger partial charge in [-0.2, -0.15) is 0 Å². The van der Waals surface area contributed by atoms with Crippen LogP contribution in [0.3, 0.4) is 0 Å². The van der Waals surface area contributed by atoms with Gasteiger partial charge >= 0.3 is 6.09 Å². The molecule has 3 aromatic carbocycles. The zero-order valence-electron chi connectivity index (χ0n) is 24.9. The Morgan fingerprint density at radius 1 is 1.02 bits per heavy atom. The number of hydrogen-bond acceptors (Lipinski definition) is 8. The zero-order chi connectivity index (χ0) is 32.6. The van der Waals surface area contributed by atoms with Gasteiger partial charge in [0.15, 0.2) is 0 Å². The molecule has 1 atom stereocenters. The van der Waals surface area contributed by atoms with Crippen LogP contribution in [-0.4, -0.2) is 65.9 Å². The van der Waals surface area contributed by atoms with E-state index in [2.05, 4.69) is 0 Å². The number of benzene rings is 3. The molecule has 12 nitrogen and oxygen atoms in total. The number of nitrogens with one attached hydrogen (secondary N) is 1. The fraction of sp³-hybridized carbons (Fsp3) is 0.375. The van der Waals surface area contributed by atoms with E-state index < -0.39 is 33.1 Å². The van der Waals surface area contributed by atoms with E-state index in [4.69, 9.17) is 4.74 Å². The molecule has 1 aliphatic carbocycles. The predicted octanol–water partition coefficient (Wildman–Crippen LogP) is 5.31. The summed E-state index contributed by atoms with van der Waals surface area (Å²) in [6.45, 7) is 0.00947. The minimum atomic E-state index is -3.75. The summed E-state index contributed by atoms with van der Waals surface area (Å²) in [7, 11) is -3.75. The summed E-state index contributed by atoms with van der Waals surface area (Å²) in [5, 5.41) is 31.0. The van der Waals surface area contributed by atoms with Crippen molar-refractivity contribution >= 4 is 27.7 Å². The highest BCUT2D eigenvalue weighted by molar-refractivity contribution is 7.89. The molecule has 240 valence electrons. The van der Waals surface area contributed by atoms with Crippen LogP contribution in [0.5, 0.6) is 5.75 Å². The highest BCUT2D eigenvalue weighted by atomic mass is 32.2. The molecule has 45 heavy (non-hydrogen) atoms. The number of carboxylic acid groups (broad SMARTS) is 1. The first kappa shape index (κ1) is 33.4. The van der Waals surface area contributed by atoms with Gasteiger partial charge in [-0.25, -0.2) is 17.9 Å². The maximum absolute atomic E-state index is 12.7. The highest BCUT2D eigenvalue weighted by Gasteiger charge is 2.22. The molecule has 0 heterocycles. The lowest BCUT2D eigenvalue weighted by molar-refractivity contribution is -0.384.